The Kier molecular flexibility index (Phi) is 7.32. The monoisotopic (exact) mass is 301 g/mol. The van der Waals surface area contributed by atoms with Crippen LogP contribution < -0.4 is 4.90 Å². The van der Waals surface area contributed by atoms with Crippen LogP contribution in [0.15, 0.2) is 24.0 Å². The average molecular weight is 301 g/mol. The Morgan fingerprint density at radius 1 is 1.32 bits per heavy atom. The summed E-state index contributed by atoms with van der Waals surface area (Å²) in [4.78, 5) is 1.51. The lowest BCUT2D eigenvalue weighted by Crippen LogP contribution is -3.01. The van der Waals surface area contributed by atoms with E-state index in [0.29, 0.717) is 0 Å². The van der Waals surface area contributed by atoms with Crippen molar-refractivity contribution < 1.29 is 31.0 Å². The van der Waals surface area contributed by atoms with Gasteiger partial charge in [-0.25, -0.2) is 8.42 Å². The average Bonchev–Trinajstić information content (AvgIpc) is 2.63. The van der Waals surface area contributed by atoms with Crippen LogP contribution in [-0.4, -0.2) is 25.0 Å². The Hall–Kier alpha value is -0.860. The van der Waals surface area contributed by atoms with Crippen LogP contribution in [0.3, 0.4) is 0 Å². The number of unbranched alkanes of at least 4 members (excludes halogenated alkanes) is 2. The van der Waals surface area contributed by atoms with Crippen molar-refractivity contribution in [3.8, 4) is 0 Å². The molecular weight excluding hydrogens is 283 g/mol. The standard InChI is InChI=1S/C10H17N.CHF3O3S/c1-3-4-5-7-11-8-6-10(2)9-11;2-1(3,4)8(5,6)7/h6,8-9H,3-5,7H2,1-2H3;(H,5,6,7). The maximum atomic E-state index is 10.7. The third-order valence-electron chi connectivity index (χ3n) is 2.33. The molecule has 0 aromatic heterocycles. The van der Waals surface area contributed by atoms with Gasteiger partial charge >= 0.3 is 5.51 Å². The van der Waals surface area contributed by atoms with E-state index in [2.05, 4.69) is 32.3 Å². The Bertz CT molecular complexity index is 427. The normalized spacial score (nSPS) is 18.8. The van der Waals surface area contributed by atoms with E-state index < -0.39 is 15.6 Å². The molecule has 8 heteroatoms. The second-order valence-corrected chi connectivity index (χ2v) is 5.52. The predicted octanol–water partition coefficient (Wildman–Crippen LogP) is 1.54. The minimum absolute atomic E-state index is 1.27. The highest BCUT2D eigenvalue weighted by Gasteiger charge is 2.36. The summed E-state index contributed by atoms with van der Waals surface area (Å²) < 4.78 is 58.9. The lowest BCUT2D eigenvalue weighted by atomic mass is 10.2. The summed E-state index contributed by atoms with van der Waals surface area (Å²) in [7, 11) is -6.09. The molecule has 1 heterocycles. The van der Waals surface area contributed by atoms with Crippen molar-refractivity contribution in [2.24, 2.45) is 0 Å². The van der Waals surface area contributed by atoms with Gasteiger partial charge in [0.1, 0.15) is 6.20 Å². The Labute approximate surface area is 111 Å². The van der Waals surface area contributed by atoms with Gasteiger partial charge in [0.05, 0.1) is 12.7 Å². The number of alkyl halides is 3. The van der Waals surface area contributed by atoms with Gasteiger partial charge in [0, 0.05) is 5.57 Å². The number of quaternary nitrogens is 1. The van der Waals surface area contributed by atoms with Crippen LogP contribution in [0.25, 0.3) is 0 Å². The van der Waals surface area contributed by atoms with Crippen LogP contribution >= 0.6 is 0 Å². The van der Waals surface area contributed by atoms with Crippen molar-refractivity contribution in [3.05, 3.63) is 24.0 Å². The zero-order valence-electron chi connectivity index (χ0n) is 10.8. The van der Waals surface area contributed by atoms with Crippen LogP contribution in [-0.2, 0) is 10.1 Å². The van der Waals surface area contributed by atoms with Crippen LogP contribution in [0.1, 0.15) is 33.1 Å². The second kappa shape index (κ2) is 7.66. The molecule has 0 bridgehead atoms. The van der Waals surface area contributed by atoms with Gasteiger partial charge in [-0.2, -0.15) is 13.2 Å². The smallest absolute Gasteiger partial charge is 0.485 e. The SMILES string of the molecule is CCCCC[NH+]1C=CC(C)=C1.O=S(=O)([O-])C(F)(F)F. The fraction of sp³-hybridized carbons (Fsp3) is 0.636. The van der Waals surface area contributed by atoms with Gasteiger partial charge in [-0.3, -0.25) is 4.90 Å². The fourth-order valence-corrected chi connectivity index (χ4v) is 1.36. The van der Waals surface area contributed by atoms with Gasteiger partial charge in [0.15, 0.2) is 10.1 Å². The minimum atomic E-state index is -6.09. The van der Waals surface area contributed by atoms with Crippen molar-refractivity contribution in [3.63, 3.8) is 0 Å². The maximum Gasteiger partial charge on any atom is 0.485 e. The molecule has 0 saturated heterocycles. The highest BCUT2D eigenvalue weighted by molar-refractivity contribution is 7.86. The van der Waals surface area contributed by atoms with E-state index >= 15 is 0 Å². The van der Waals surface area contributed by atoms with Gasteiger partial charge in [0.2, 0.25) is 0 Å². The van der Waals surface area contributed by atoms with Gasteiger partial charge in [0.25, 0.3) is 0 Å². The lowest BCUT2D eigenvalue weighted by molar-refractivity contribution is -0.788. The number of hydrogen-bond donors (Lipinski definition) is 1. The fourth-order valence-electron chi connectivity index (χ4n) is 1.36. The zero-order chi connectivity index (χ0) is 15.1. The molecule has 0 radical (unpaired) electrons. The number of nitrogens with one attached hydrogen (secondary N) is 1. The van der Waals surface area contributed by atoms with Crippen molar-refractivity contribution in [2.45, 2.75) is 38.6 Å². The van der Waals surface area contributed by atoms with Gasteiger partial charge < -0.3 is 4.55 Å². The first kappa shape index (κ1) is 18.1. The predicted molar refractivity (Wildman–Crippen MR) is 64.0 cm³/mol. The van der Waals surface area contributed by atoms with Crippen LogP contribution in [0.4, 0.5) is 13.2 Å². The summed E-state index contributed by atoms with van der Waals surface area (Å²) in [5, 5.41) is 0. The number of halogens is 3. The van der Waals surface area contributed by atoms with E-state index in [9.17, 15) is 13.2 Å². The Morgan fingerprint density at radius 3 is 2.16 bits per heavy atom. The summed E-state index contributed by atoms with van der Waals surface area (Å²) in [5.41, 5.74) is -4.25. The zero-order valence-corrected chi connectivity index (χ0v) is 11.6. The summed E-state index contributed by atoms with van der Waals surface area (Å²) in [6, 6.07) is 0. The molecule has 0 aliphatic carbocycles. The Balaban J connectivity index is 0.000000362. The largest absolute Gasteiger partial charge is 0.741 e. The molecule has 1 aliphatic heterocycles. The third kappa shape index (κ3) is 8.02. The van der Waals surface area contributed by atoms with Gasteiger partial charge in [-0.05, 0) is 25.8 Å². The van der Waals surface area contributed by atoms with E-state index in [4.69, 9.17) is 13.0 Å². The first-order valence-corrected chi connectivity index (χ1v) is 7.23. The number of hydrogen-bond acceptors (Lipinski definition) is 3. The second-order valence-electron chi connectivity index (χ2n) is 4.15. The van der Waals surface area contributed by atoms with Crippen molar-refractivity contribution in [1.29, 1.82) is 0 Å². The summed E-state index contributed by atoms with van der Waals surface area (Å²) in [6.45, 7) is 5.67. The molecule has 0 aromatic carbocycles. The van der Waals surface area contributed by atoms with Crippen molar-refractivity contribution in [1.82, 2.24) is 0 Å². The molecule has 0 saturated carbocycles. The number of rotatable bonds is 4. The molecule has 1 rings (SSSR count). The molecule has 1 aliphatic rings. The molecule has 4 nitrogen and oxygen atoms in total. The van der Waals surface area contributed by atoms with E-state index in [1.165, 1.54) is 36.3 Å². The molecule has 0 aromatic rings. The highest BCUT2D eigenvalue weighted by atomic mass is 32.2. The first-order valence-electron chi connectivity index (χ1n) is 5.82. The molecule has 1 atom stereocenters. The minimum Gasteiger partial charge on any atom is -0.741 e. The van der Waals surface area contributed by atoms with Crippen LogP contribution in [0.2, 0.25) is 0 Å². The summed E-state index contributed by atoms with van der Waals surface area (Å²) in [5.74, 6) is 0. The lowest BCUT2D eigenvalue weighted by Gasteiger charge is -2.08. The quantitative estimate of drug-likeness (QED) is 0.487. The topological polar surface area (TPSA) is 61.6 Å². The molecule has 0 amide bonds. The van der Waals surface area contributed by atoms with E-state index in [1.807, 2.05) is 0 Å². The third-order valence-corrected chi connectivity index (χ3v) is 2.89. The maximum absolute atomic E-state index is 10.7. The molecule has 0 fully saturated rings. The highest BCUT2D eigenvalue weighted by Crippen LogP contribution is 2.20. The molecule has 112 valence electrons. The van der Waals surface area contributed by atoms with Gasteiger partial charge in [-0.1, -0.05) is 13.3 Å². The molecule has 1 unspecified atom stereocenters. The van der Waals surface area contributed by atoms with E-state index in [1.54, 1.807) is 0 Å². The molecular formula is C11H18F3NO3S. The van der Waals surface area contributed by atoms with Crippen molar-refractivity contribution >= 4 is 10.1 Å². The first-order chi connectivity index (χ1) is 8.58. The van der Waals surface area contributed by atoms with E-state index in [-0.39, 0.29) is 0 Å². The number of allylic oxidation sites excluding steroid dienone is 2. The van der Waals surface area contributed by atoms with Crippen LogP contribution in [0, 0.1) is 0 Å². The van der Waals surface area contributed by atoms with Crippen molar-refractivity contribution in [2.75, 3.05) is 6.54 Å². The van der Waals surface area contributed by atoms with Crippen LogP contribution in [0.5, 0.6) is 0 Å². The Morgan fingerprint density at radius 2 is 1.84 bits per heavy atom. The molecule has 0 spiro atoms. The molecule has 19 heavy (non-hydrogen) atoms. The summed E-state index contributed by atoms with van der Waals surface area (Å²) in [6.07, 6.45) is 10.8. The van der Waals surface area contributed by atoms with Gasteiger partial charge in [-0.15, -0.1) is 0 Å². The van der Waals surface area contributed by atoms with E-state index in [0.717, 1.165) is 0 Å². The summed E-state index contributed by atoms with van der Waals surface area (Å²) >= 11 is 0. The molecule has 1 N–H and O–H groups in total.